The molecule has 1 amide bonds. The Morgan fingerprint density at radius 1 is 0.935 bits per heavy atom. The summed E-state index contributed by atoms with van der Waals surface area (Å²) >= 11 is 15.2. The van der Waals surface area contributed by atoms with Gasteiger partial charge in [0.05, 0.1) is 6.21 Å². The summed E-state index contributed by atoms with van der Waals surface area (Å²) in [4.78, 5) is 24.3. The Balaban J connectivity index is 1.67. The molecule has 31 heavy (non-hydrogen) atoms. The normalized spacial score (nSPS) is 11.1. The molecule has 0 heterocycles. The molecule has 0 spiro atoms. The van der Waals surface area contributed by atoms with E-state index < -0.39 is 5.97 Å². The first kappa shape index (κ1) is 22.7. The average Bonchev–Trinajstić information content (AvgIpc) is 2.75. The van der Waals surface area contributed by atoms with Gasteiger partial charge in [-0.05, 0) is 66.2 Å². The number of halogens is 3. The summed E-state index contributed by atoms with van der Waals surface area (Å²) in [6.45, 7) is 0. The topological polar surface area (TPSA) is 67.8 Å². The van der Waals surface area contributed by atoms with Gasteiger partial charge in [0.25, 0.3) is 5.91 Å². The number of ether oxygens (including phenoxy) is 1. The van der Waals surface area contributed by atoms with Gasteiger partial charge in [0.2, 0.25) is 0 Å². The third kappa shape index (κ3) is 7.07. The first-order valence-electron chi connectivity index (χ1n) is 8.95. The summed E-state index contributed by atoms with van der Waals surface area (Å²) in [7, 11) is 0. The fraction of sp³-hybridized carbons (Fsp3) is 0. The summed E-state index contributed by atoms with van der Waals surface area (Å²) in [5, 5.41) is 4.97. The molecule has 8 heteroatoms. The fourth-order valence-electron chi connectivity index (χ4n) is 2.42. The van der Waals surface area contributed by atoms with Crippen molar-refractivity contribution in [1.82, 2.24) is 5.43 Å². The number of hydrogen-bond acceptors (Lipinski definition) is 4. The standard InChI is InChI=1S/C23H15BrCl2N2O3/c24-18-6-4-16(5-7-18)23(30)28-27-14-17-13-20(26)10-11-21(17)31-22(29)12-3-15-1-8-19(25)9-2-15/h1-14H,(H,28,30)/b12-3+,27-14+. The Kier molecular flexibility index (Phi) is 8.00. The largest absolute Gasteiger partial charge is 0.423 e. The minimum absolute atomic E-state index is 0.247. The number of esters is 1. The average molecular weight is 518 g/mol. The molecule has 3 aromatic carbocycles. The summed E-state index contributed by atoms with van der Waals surface area (Å²) in [6, 6.07) is 18.5. The van der Waals surface area contributed by atoms with Gasteiger partial charge >= 0.3 is 5.97 Å². The highest BCUT2D eigenvalue weighted by Gasteiger charge is 2.08. The lowest BCUT2D eigenvalue weighted by Gasteiger charge is -2.06. The molecule has 3 rings (SSSR count). The molecule has 0 fully saturated rings. The molecule has 0 radical (unpaired) electrons. The zero-order valence-electron chi connectivity index (χ0n) is 15.9. The summed E-state index contributed by atoms with van der Waals surface area (Å²) in [5.41, 5.74) is 4.10. The Morgan fingerprint density at radius 2 is 1.61 bits per heavy atom. The molecule has 0 aliphatic carbocycles. The number of benzene rings is 3. The molecule has 0 aliphatic heterocycles. The molecule has 0 saturated heterocycles. The Hall–Kier alpha value is -2.93. The molecule has 5 nitrogen and oxygen atoms in total. The molecule has 156 valence electrons. The van der Waals surface area contributed by atoms with Crippen LogP contribution >= 0.6 is 39.1 Å². The minimum Gasteiger partial charge on any atom is -0.423 e. The number of nitrogens with one attached hydrogen (secondary N) is 1. The summed E-state index contributed by atoms with van der Waals surface area (Å²) < 4.78 is 6.25. The first-order chi connectivity index (χ1) is 14.9. The maximum Gasteiger partial charge on any atom is 0.336 e. The van der Waals surface area contributed by atoms with E-state index in [0.29, 0.717) is 21.2 Å². The number of carbonyl (C=O) groups is 2. The molecule has 0 unspecified atom stereocenters. The third-order valence-corrected chi connectivity index (χ3v) is 4.96. The van der Waals surface area contributed by atoms with Gasteiger partial charge in [-0.3, -0.25) is 4.79 Å². The van der Waals surface area contributed by atoms with Gasteiger partial charge in [0.15, 0.2) is 0 Å². The van der Waals surface area contributed by atoms with E-state index in [1.54, 1.807) is 72.8 Å². The van der Waals surface area contributed by atoms with Crippen LogP contribution in [-0.4, -0.2) is 18.1 Å². The van der Waals surface area contributed by atoms with Gasteiger partial charge in [0, 0.05) is 31.7 Å². The summed E-state index contributed by atoms with van der Waals surface area (Å²) in [5.74, 6) is -0.710. The Morgan fingerprint density at radius 3 is 2.32 bits per heavy atom. The van der Waals surface area contributed by atoms with Crippen LogP contribution in [0.25, 0.3) is 6.08 Å². The van der Waals surface area contributed by atoms with Crippen molar-refractivity contribution < 1.29 is 14.3 Å². The van der Waals surface area contributed by atoms with E-state index in [0.717, 1.165) is 10.0 Å². The Bertz CT molecular complexity index is 1140. The molecule has 1 N–H and O–H groups in total. The van der Waals surface area contributed by atoms with Gasteiger partial charge in [-0.25, -0.2) is 10.2 Å². The van der Waals surface area contributed by atoms with Crippen LogP contribution in [0, 0.1) is 0 Å². The lowest BCUT2D eigenvalue weighted by molar-refractivity contribution is -0.128. The molecular weight excluding hydrogens is 503 g/mol. The second-order valence-electron chi connectivity index (χ2n) is 6.19. The van der Waals surface area contributed by atoms with Gasteiger partial charge in [-0.15, -0.1) is 0 Å². The minimum atomic E-state index is -0.578. The molecule has 0 atom stereocenters. The third-order valence-electron chi connectivity index (χ3n) is 3.94. The molecule has 3 aromatic rings. The van der Waals surface area contributed by atoms with E-state index in [1.165, 1.54) is 12.3 Å². The quantitative estimate of drug-likeness (QED) is 0.140. The number of hydrogen-bond donors (Lipinski definition) is 1. The summed E-state index contributed by atoms with van der Waals surface area (Å²) in [6.07, 6.45) is 4.27. The van der Waals surface area contributed by atoms with E-state index in [9.17, 15) is 9.59 Å². The van der Waals surface area contributed by atoms with E-state index in [2.05, 4.69) is 26.5 Å². The van der Waals surface area contributed by atoms with Crippen LogP contribution in [-0.2, 0) is 4.79 Å². The molecular formula is C23H15BrCl2N2O3. The predicted molar refractivity (Wildman–Crippen MR) is 127 cm³/mol. The zero-order chi connectivity index (χ0) is 22.2. The number of nitrogens with zero attached hydrogens (tertiary/aromatic N) is 1. The van der Waals surface area contributed by atoms with Crippen LogP contribution in [0.4, 0.5) is 0 Å². The number of amides is 1. The fourth-order valence-corrected chi connectivity index (χ4v) is 2.99. The van der Waals surface area contributed by atoms with E-state index in [4.69, 9.17) is 27.9 Å². The Labute approximate surface area is 197 Å². The van der Waals surface area contributed by atoms with Crippen molar-refractivity contribution in [3.8, 4) is 5.75 Å². The molecule has 0 saturated carbocycles. The SMILES string of the molecule is O=C(/C=C/c1ccc(Cl)cc1)Oc1ccc(Cl)cc1/C=N/NC(=O)c1ccc(Br)cc1. The molecule has 0 bridgehead atoms. The maximum atomic E-state index is 12.2. The van der Waals surface area contributed by atoms with Crippen molar-refractivity contribution in [2.45, 2.75) is 0 Å². The highest BCUT2D eigenvalue weighted by molar-refractivity contribution is 9.10. The lowest BCUT2D eigenvalue weighted by atomic mass is 10.2. The monoisotopic (exact) mass is 516 g/mol. The van der Waals surface area contributed by atoms with E-state index in [1.807, 2.05) is 0 Å². The van der Waals surface area contributed by atoms with Gasteiger partial charge in [0.1, 0.15) is 5.75 Å². The van der Waals surface area contributed by atoms with E-state index >= 15 is 0 Å². The molecule has 0 aromatic heterocycles. The van der Waals surface area contributed by atoms with Crippen LogP contribution in [0.1, 0.15) is 21.5 Å². The zero-order valence-corrected chi connectivity index (χ0v) is 19.0. The van der Waals surface area contributed by atoms with Gasteiger partial charge in [-0.2, -0.15) is 5.10 Å². The second-order valence-corrected chi connectivity index (χ2v) is 7.98. The van der Waals surface area contributed by atoms with Crippen LogP contribution in [0.5, 0.6) is 5.75 Å². The number of carbonyl (C=O) groups excluding carboxylic acids is 2. The first-order valence-corrected chi connectivity index (χ1v) is 10.5. The predicted octanol–water partition coefficient (Wildman–Crippen LogP) is 6.14. The van der Waals surface area contributed by atoms with Crippen molar-refractivity contribution in [2.24, 2.45) is 5.10 Å². The highest BCUT2D eigenvalue weighted by atomic mass is 79.9. The van der Waals surface area contributed by atoms with E-state index in [-0.39, 0.29) is 11.7 Å². The smallest absolute Gasteiger partial charge is 0.336 e. The van der Waals surface area contributed by atoms with Crippen LogP contribution in [0.2, 0.25) is 10.0 Å². The van der Waals surface area contributed by atoms with Gasteiger partial charge in [-0.1, -0.05) is 51.3 Å². The van der Waals surface area contributed by atoms with Crippen molar-refractivity contribution in [1.29, 1.82) is 0 Å². The maximum absolute atomic E-state index is 12.2. The lowest BCUT2D eigenvalue weighted by Crippen LogP contribution is -2.17. The van der Waals surface area contributed by atoms with Gasteiger partial charge < -0.3 is 4.74 Å². The van der Waals surface area contributed by atoms with Crippen LogP contribution in [0.15, 0.2) is 82.4 Å². The highest BCUT2D eigenvalue weighted by Crippen LogP contribution is 2.22. The number of rotatable bonds is 6. The number of hydrazone groups is 1. The van der Waals surface area contributed by atoms with Crippen molar-refractivity contribution >= 4 is 63.3 Å². The van der Waals surface area contributed by atoms with Crippen LogP contribution < -0.4 is 10.2 Å². The van der Waals surface area contributed by atoms with Crippen LogP contribution in [0.3, 0.4) is 0 Å². The van der Waals surface area contributed by atoms with Crippen molar-refractivity contribution in [3.63, 3.8) is 0 Å². The molecule has 0 aliphatic rings. The van der Waals surface area contributed by atoms with Crippen molar-refractivity contribution in [2.75, 3.05) is 0 Å². The van der Waals surface area contributed by atoms with Crippen molar-refractivity contribution in [3.05, 3.63) is 104 Å². The second kappa shape index (κ2) is 10.9.